The van der Waals surface area contributed by atoms with Crippen LogP contribution < -0.4 is 5.32 Å². The van der Waals surface area contributed by atoms with Crippen LogP contribution in [0.1, 0.15) is 27.2 Å². The second kappa shape index (κ2) is 6.02. The second-order valence-corrected chi connectivity index (χ2v) is 6.13. The number of amides is 1. The zero-order valence-corrected chi connectivity index (χ0v) is 12.0. The monoisotopic (exact) mass is 253 g/mol. The van der Waals surface area contributed by atoms with E-state index in [0.717, 1.165) is 32.7 Å². The van der Waals surface area contributed by atoms with Crippen molar-refractivity contribution in [1.29, 1.82) is 0 Å². The molecule has 0 aromatic heterocycles. The van der Waals surface area contributed by atoms with Crippen molar-refractivity contribution in [3.63, 3.8) is 0 Å². The lowest BCUT2D eigenvalue weighted by atomic mass is 9.86. The Morgan fingerprint density at radius 1 is 1.22 bits per heavy atom. The summed E-state index contributed by atoms with van der Waals surface area (Å²) in [6.45, 7) is 12.3. The van der Waals surface area contributed by atoms with Gasteiger partial charge in [0, 0.05) is 38.8 Å². The maximum absolute atomic E-state index is 12.4. The number of piperazine rings is 1. The van der Waals surface area contributed by atoms with Crippen LogP contribution in [0.25, 0.3) is 0 Å². The van der Waals surface area contributed by atoms with Crippen molar-refractivity contribution in [1.82, 2.24) is 15.1 Å². The van der Waals surface area contributed by atoms with Crippen molar-refractivity contribution in [3.05, 3.63) is 0 Å². The Morgan fingerprint density at radius 2 is 1.89 bits per heavy atom. The Kier molecular flexibility index (Phi) is 4.62. The third-order valence-electron chi connectivity index (χ3n) is 4.49. The molecule has 1 amide bonds. The van der Waals surface area contributed by atoms with E-state index in [0.29, 0.717) is 30.3 Å². The van der Waals surface area contributed by atoms with Gasteiger partial charge in [-0.15, -0.1) is 0 Å². The average Bonchev–Trinajstić information content (AvgIpc) is 2.35. The minimum absolute atomic E-state index is 0.322. The van der Waals surface area contributed by atoms with E-state index in [1.165, 1.54) is 6.42 Å². The molecule has 2 fully saturated rings. The van der Waals surface area contributed by atoms with Crippen LogP contribution in [0.4, 0.5) is 0 Å². The van der Waals surface area contributed by atoms with Crippen molar-refractivity contribution < 1.29 is 4.79 Å². The minimum Gasteiger partial charge on any atom is -0.338 e. The minimum atomic E-state index is 0.322. The summed E-state index contributed by atoms with van der Waals surface area (Å²) < 4.78 is 0. The van der Waals surface area contributed by atoms with Crippen LogP contribution >= 0.6 is 0 Å². The van der Waals surface area contributed by atoms with Crippen molar-refractivity contribution in [3.8, 4) is 0 Å². The number of carbonyl (C=O) groups is 1. The number of carbonyl (C=O) groups excluding carboxylic acids is 1. The highest BCUT2D eigenvalue weighted by molar-refractivity contribution is 5.78. The van der Waals surface area contributed by atoms with E-state index in [-0.39, 0.29) is 0 Å². The Labute approximate surface area is 111 Å². The molecule has 2 aliphatic rings. The molecule has 2 saturated heterocycles. The summed E-state index contributed by atoms with van der Waals surface area (Å²) in [6, 6.07) is 0.400. The van der Waals surface area contributed by atoms with Crippen LogP contribution in [0, 0.1) is 11.8 Å². The number of nitrogens with zero attached hydrogens (tertiary/aromatic N) is 2. The summed E-state index contributed by atoms with van der Waals surface area (Å²) >= 11 is 0. The maximum atomic E-state index is 12.4. The van der Waals surface area contributed by atoms with E-state index in [9.17, 15) is 4.79 Å². The number of hydrogen-bond donors (Lipinski definition) is 1. The first-order valence-corrected chi connectivity index (χ1v) is 7.30. The molecule has 3 unspecified atom stereocenters. The predicted molar refractivity (Wildman–Crippen MR) is 73.4 cm³/mol. The summed E-state index contributed by atoms with van der Waals surface area (Å²) in [5.41, 5.74) is 0. The highest BCUT2D eigenvalue weighted by atomic mass is 16.2. The average molecular weight is 253 g/mol. The number of hydrogen-bond acceptors (Lipinski definition) is 3. The zero-order valence-electron chi connectivity index (χ0n) is 12.0. The predicted octanol–water partition coefficient (Wildman–Crippen LogP) is 0.785. The molecule has 0 bridgehead atoms. The molecule has 4 nitrogen and oxygen atoms in total. The summed E-state index contributed by atoms with van der Waals surface area (Å²) in [6.07, 6.45) is 1.25. The van der Waals surface area contributed by atoms with Gasteiger partial charge in [0.1, 0.15) is 0 Å². The summed E-state index contributed by atoms with van der Waals surface area (Å²) in [5, 5.41) is 3.32. The van der Waals surface area contributed by atoms with Gasteiger partial charge in [-0.2, -0.15) is 0 Å². The molecule has 3 atom stereocenters. The van der Waals surface area contributed by atoms with Crippen molar-refractivity contribution in [2.45, 2.75) is 33.2 Å². The Morgan fingerprint density at radius 3 is 2.56 bits per heavy atom. The van der Waals surface area contributed by atoms with E-state index in [1.807, 2.05) is 0 Å². The van der Waals surface area contributed by atoms with Crippen LogP contribution in [-0.4, -0.2) is 61.0 Å². The smallest absolute Gasteiger partial charge is 0.237 e. The van der Waals surface area contributed by atoms with Gasteiger partial charge in [0.2, 0.25) is 5.91 Å². The quantitative estimate of drug-likeness (QED) is 0.790. The molecule has 2 rings (SSSR count). The number of likely N-dealkylation sites (tertiary alicyclic amines) is 1. The van der Waals surface area contributed by atoms with E-state index >= 15 is 0 Å². The van der Waals surface area contributed by atoms with Crippen molar-refractivity contribution >= 4 is 5.91 Å². The Balaban J connectivity index is 1.90. The van der Waals surface area contributed by atoms with Crippen LogP contribution in [0.15, 0.2) is 0 Å². The first-order chi connectivity index (χ1) is 8.58. The van der Waals surface area contributed by atoms with Crippen LogP contribution in [0.3, 0.4) is 0 Å². The van der Waals surface area contributed by atoms with Crippen molar-refractivity contribution in [2.24, 2.45) is 11.8 Å². The van der Waals surface area contributed by atoms with E-state index in [1.54, 1.807) is 0 Å². The number of piperidine rings is 1. The zero-order chi connectivity index (χ0) is 13.1. The maximum Gasteiger partial charge on any atom is 0.237 e. The van der Waals surface area contributed by atoms with Gasteiger partial charge in [-0.25, -0.2) is 0 Å². The van der Waals surface area contributed by atoms with Crippen molar-refractivity contribution in [2.75, 3.05) is 39.3 Å². The van der Waals surface area contributed by atoms with Gasteiger partial charge in [-0.1, -0.05) is 13.8 Å². The SMILES string of the molecule is CC1CC(C)C(C)N(C(=O)CN2CCNCC2)C1. The summed E-state index contributed by atoms with van der Waals surface area (Å²) in [5.74, 6) is 1.59. The van der Waals surface area contributed by atoms with E-state index in [2.05, 4.69) is 35.9 Å². The molecule has 1 N–H and O–H groups in total. The largest absolute Gasteiger partial charge is 0.338 e. The van der Waals surface area contributed by atoms with E-state index < -0.39 is 0 Å². The molecule has 104 valence electrons. The molecule has 4 heteroatoms. The summed E-state index contributed by atoms with van der Waals surface area (Å²) in [7, 11) is 0. The molecular formula is C14H27N3O. The highest BCUT2D eigenvalue weighted by Crippen LogP contribution is 2.26. The van der Waals surface area contributed by atoms with Gasteiger partial charge in [0.15, 0.2) is 0 Å². The van der Waals surface area contributed by atoms with Gasteiger partial charge in [-0.3, -0.25) is 9.69 Å². The molecule has 0 spiro atoms. The lowest BCUT2D eigenvalue weighted by molar-refractivity contribution is -0.138. The molecule has 0 saturated carbocycles. The standard InChI is InChI=1S/C14H27N3O/c1-11-8-12(2)13(3)17(9-11)14(18)10-16-6-4-15-5-7-16/h11-13,15H,4-10H2,1-3H3. The third kappa shape index (κ3) is 3.23. The molecular weight excluding hydrogens is 226 g/mol. The molecule has 0 radical (unpaired) electrons. The Bertz CT molecular complexity index is 289. The number of nitrogens with one attached hydrogen (secondary N) is 1. The second-order valence-electron chi connectivity index (χ2n) is 6.13. The highest BCUT2D eigenvalue weighted by Gasteiger charge is 2.32. The number of rotatable bonds is 2. The molecule has 18 heavy (non-hydrogen) atoms. The first-order valence-electron chi connectivity index (χ1n) is 7.30. The van der Waals surface area contributed by atoms with Crippen LogP contribution in [0.2, 0.25) is 0 Å². The van der Waals surface area contributed by atoms with Gasteiger partial charge in [0.05, 0.1) is 6.54 Å². The molecule has 0 aromatic carbocycles. The molecule has 0 aliphatic carbocycles. The Hall–Kier alpha value is -0.610. The van der Waals surface area contributed by atoms with Gasteiger partial charge in [0.25, 0.3) is 0 Å². The van der Waals surface area contributed by atoms with Gasteiger partial charge >= 0.3 is 0 Å². The normalized spacial score (nSPS) is 34.6. The van der Waals surface area contributed by atoms with Gasteiger partial charge < -0.3 is 10.2 Å². The molecule has 0 aromatic rings. The molecule has 2 heterocycles. The fourth-order valence-electron chi connectivity index (χ4n) is 3.20. The summed E-state index contributed by atoms with van der Waals surface area (Å²) in [4.78, 5) is 16.8. The van der Waals surface area contributed by atoms with Gasteiger partial charge in [-0.05, 0) is 25.2 Å². The van der Waals surface area contributed by atoms with E-state index in [4.69, 9.17) is 0 Å². The molecule has 2 aliphatic heterocycles. The van der Waals surface area contributed by atoms with Crippen LogP contribution in [-0.2, 0) is 4.79 Å². The topological polar surface area (TPSA) is 35.6 Å². The first kappa shape index (κ1) is 13.8. The lowest BCUT2D eigenvalue weighted by Crippen LogP contribution is -2.54. The third-order valence-corrected chi connectivity index (χ3v) is 4.49. The fraction of sp³-hybridized carbons (Fsp3) is 0.929. The lowest BCUT2D eigenvalue weighted by Gasteiger charge is -2.42. The fourth-order valence-corrected chi connectivity index (χ4v) is 3.20. The van der Waals surface area contributed by atoms with Crippen LogP contribution in [0.5, 0.6) is 0 Å².